The average Bonchev–Trinajstić information content (AvgIpc) is 2.46. The van der Waals surface area contributed by atoms with Gasteiger partial charge >= 0.3 is 5.97 Å². The number of nitrogens with one attached hydrogen (secondary N) is 2. The predicted molar refractivity (Wildman–Crippen MR) is 81.4 cm³/mol. The van der Waals surface area contributed by atoms with Gasteiger partial charge in [-0.25, -0.2) is 14.8 Å². The van der Waals surface area contributed by atoms with E-state index in [0.717, 1.165) is 32.5 Å². The van der Waals surface area contributed by atoms with Crippen LogP contribution >= 0.6 is 0 Å². The van der Waals surface area contributed by atoms with E-state index in [0.29, 0.717) is 23.8 Å². The van der Waals surface area contributed by atoms with Crippen molar-refractivity contribution < 1.29 is 9.53 Å². The summed E-state index contributed by atoms with van der Waals surface area (Å²) in [6.45, 7) is 9.16. The summed E-state index contributed by atoms with van der Waals surface area (Å²) in [5, 5.41) is 6.66. The number of anilines is 1. The van der Waals surface area contributed by atoms with E-state index in [4.69, 9.17) is 4.74 Å². The van der Waals surface area contributed by atoms with Crippen molar-refractivity contribution in [1.29, 1.82) is 0 Å². The third kappa shape index (κ3) is 4.14. The van der Waals surface area contributed by atoms with Gasteiger partial charge in [-0.3, -0.25) is 0 Å². The molecule has 1 aliphatic heterocycles. The maximum Gasteiger partial charge on any atom is 0.341 e. The van der Waals surface area contributed by atoms with Crippen molar-refractivity contribution in [2.75, 3.05) is 31.6 Å². The van der Waals surface area contributed by atoms with E-state index in [1.54, 1.807) is 13.8 Å². The number of carbonyl (C=O) groups excluding carboxylic acids is 1. The maximum atomic E-state index is 11.7. The van der Waals surface area contributed by atoms with Crippen LogP contribution in [0.5, 0.6) is 0 Å². The zero-order valence-electron chi connectivity index (χ0n) is 13.0. The standard InChI is InChI=1S/C15H24N4O2/c1-4-21-13(20)12-9-17-14(19-11(12)2)18-10-15(3)5-7-16-8-6-15/h9,16H,4-8,10H2,1-3H3,(H,17,18,19). The Bertz CT molecular complexity index is 498. The van der Waals surface area contributed by atoms with Crippen LogP contribution in [0.25, 0.3) is 0 Å². The molecule has 0 aromatic carbocycles. The second-order valence-electron chi connectivity index (χ2n) is 5.83. The van der Waals surface area contributed by atoms with Crippen LogP contribution in [0.4, 0.5) is 5.95 Å². The van der Waals surface area contributed by atoms with Crippen molar-refractivity contribution in [3.8, 4) is 0 Å². The van der Waals surface area contributed by atoms with Gasteiger partial charge in [0.15, 0.2) is 0 Å². The molecule has 1 saturated heterocycles. The molecular formula is C15H24N4O2. The minimum absolute atomic E-state index is 0.266. The largest absolute Gasteiger partial charge is 0.462 e. The van der Waals surface area contributed by atoms with E-state index in [2.05, 4.69) is 27.5 Å². The molecule has 6 heteroatoms. The molecule has 0 saturated carbocycles. The van der Waals surface area contributed by atoms with E-state index >= 15 is 0 Å². The molecule has 2 rings (SSSR count). The summed E-state index contributed by atoms with van der Waals surface area (Å²) in [6, 6.07) is 0. The second kappa shape index (κ2) is 6.85. The van der Waals surface area contributed by atoms with Crippen molar-refractivity contribution in [1.82, 2.24) is 15.3 Å². The maximum absolute atomic E-state index is 11.7. The lowest BCUT2D eigenvalue weighted by atomic mass is 9.81. The molecule has 0 radical (unpaired) electrons. The number of piperidine rings is 1. The van der Waals surface area contributed by atoms with Gasteiger partial charge in [0.05, 0.1) is 17.9 Å². The van der Waals surface area contributed by atoms with E-state index in [1.807, 2.05) is 0 Å². The number of ether oxygens (including phenoxy) is 1. The number of rotatable bonds is 5. The lowest BCUT2D eigenvalue weighted by Gasteiger charge is -2.34. The van der Waals surface area contributed by atoms with Crippen molar-refractivity contribution in [2.45, 2.75) is 33.6 Å². The molecule has 1 aromatic rings. The predicted octanol–water partition coefficient (Wildman–Crippen LogP) is 1.76. The Morgan fingerprint density at radius 1 is 1.48 bits per heavy atom. The summed E-state index contributed by atoms with van der Waals surface area (Å²) in [5.74, 6) is 0.201. The minimum Gasteiger partial charge on any atom is -0.462 e. The summed E-state index contributed by atoms with van der Waals surface area (Å²) < 4.78 is 4.97. The number of hydrogen-bond acceptors (Lipinski definition) is 6. The molecule has 0 spiro atoms. The first kappa shape index (κ1) is 15.7. The molecule has 1 fully saturated rings. The summed E-state index contributed by atoms with van der Waals surface area (Å²) in [5.41, 5.74) is 1.33. The van der Waals surface area contributed by atoms with E-state index in [1.165, 1.54) is 6.20 Å². The zero-order valence-corrected chi connectivity index (χ0v) is 13.0. The molecule has 21 heavy (non-hydrogen) atoms. The molecule has 0 amide bonds. The van der Waals surface area contributed by atoms with Crippen LogP contribution in [0.2, 0.25) is 0 Å². The van der Waals surface area contributed by atoms with E-state index < -0.39 is 0 Å². The van der Waals surface area contributed by atoms with Crippen LogP contribution in [0.15, 0.2) is 6.20 Å². The Hall–Kier alpha value is -1.69. The molecule has 0 bridgehead atoms. The molecule has 1 aliphatic rings. The second-order valence-corrected chi connectivity index (χ2v) is 5.83. The number of aryl methyl sites for hydroxylation is 1. The van der Waals surface area contributed by atoms with Crippen molar-refractivity contribution in [3.05, 3.63) is 17.5 Å². The van der Waals surface area contributed by atoms with Crippen LogP contribution in [0.3, 0.4) is 0 Å². The van der Waals surface area contributed by atoms with Gasteiger partial charge < -0.3 is 15.4 Å². The highest BCUT2D eigenvalue weighted by Crippen LogP contribution is 2.27. The van der Waals surface area contributed by atoms with Crippen LogP contribution in [0, 0.1) is 12.3 Å². The highest BCUT2D eigenvalue weighted by molar-refractivity contribution is 5.90. The number of esters is 1. The highest BCUT2D eigenvalue weighted by atomic mass is 16.5. The quantitative estimate of drug-likeness (QED) is 0.805. The van der Waals surface area contributed by atoms with Gasteiger partial charge in [-0.1, -0.05) is 6.92 Å². The summed E-state index contributed by atoms with van der Waals surface area (Å²) in [7, 11) is 0. The minimum atomic E-state index is -0.369. The molecule has 0 unspecified atom stereocenters. The van der Waals surface area contributed by atoms with Crippen molar-refractivity contribution in [2.24, 2.45) is 5.41 Å². The van der Waals surface area contributed by atoms with Crippen LogP contribution < -0.4 is 10.6 Å². The van der Waals surface area contributed by atoms with Gasteiger partial charge in [0.1, 0.15) is 0 Å². The molecule has 1 aromatic heterocycles. The fraction of sp³-hybridized carbons (Fsp3) is 0.667. The Morgan fingerprint density at radius 2 is 2.19 bits per heavy atom. The number of carbonyl (C=O) groups is 1. The monoisotopic (exact) mass is 292 g/mol. The van der Waals surface area contributed by atoms with E-state index in [-0.39, 0.29) is 11.4 Å². The topological polar surface area (TPSA) is 76.1 Å². The highest BCUT2D eigenvalue weighted by Gasteiger charge is 2.26. The zero-order chi connectivity index (χ0) is 15.3. The van der Waals surface area contributed by atoms with Gasteiger partial charge in [0.2, 0.25) is 5.95 Å². The smallest absolute Gasteiger partial charge is 0.341 e. The number of nitrogens with zero attached hydrogens (tertiary/aromatic N) is 2. The first-order chi connectivity index (χ1) is 10.0. The Balaban J connectivity index is 1.98. The van der Waals surface area contributed by atoms with E-state index in [9.17, 15) is 4.79 Å². The molecule has 0 atom stereocenters. The SMILES string of the molecule is CCOC(=O)c1cnc(NCC2(C)CCNCC2)nc1C. The van der Waals surface area contributed by atoms with Gasteiger partial charge in [0.25, 0.3) is 0 Å². The lowest BCUT2D eigenvalue weighted by Crippen LogP contribution is -2.39. The number of hydrogen-bond donors (Lipinski definition) is 2. The van der Waals surface area contributed by atoms with Crippen molar-refractivity contribution in [3.63, 3.8) is 0 Å². The summed E-state index contributed by atoms with van der Waals surface area (Å²) in [4.78, 5) is 20.3. The molecule has 2 N–H and O–H groups in total. The Morgan fingerprint density at radius 3 is 2.81 bits per heavy atom. The normalized spacial score (nSPS) is 17.3. The molecule has 116 valence electrons. The summed E-state index contributed by atoms with van der Waals surface area (Å²) >= 11 is 0. The molecule has 6 nitrogen and oxygen atoms in total. The number of aromatic nitrogens is 2. The average molecular weight is 292 g/mol. The first-order valence-corrected chi connectivity index (χ1v) is 7.49. The third-order valence-corrected chi connectivity index (χ3v) is 3.96. The van der Waals surface area contributed by atoms with Crippen LogP contribution in [-0.4, -0.2) is 42.2 Å². The first-order valence-electron chi connectivity index (χ1n) is 7.49. The molecule has 0 aliphatic carbocycles. The molecular weight excluding hydrogens is 268 g/mol. The fourth-order valence-corrected chi connectivity index (χ4v) is 2.46. The van der Waals surface area contributed by atoms with Crippen LogP contribution in [-0.2, 0) is 4.74 Å². The lowest BCUT2D eigenvalue weighted by molar-refractivity contribution is 0.0524. The van der Waals surface area contributed by atoms with Crippen molar-refractivity contribution >= 4 is 11.9 Å². The van der Waals surface area contributed by atoms with Crippen LogP contribution in [0.1, 0.15) is 42.7 Å². The fourth-order valence-electron chi connectivity index (χ4n) is 2.46. The van der Waals surface area contributed by atoms with Gasteiger partial charge in [-0.15, -0.1) is 0 Å². The molecule has 2 heterocycles. The Kier molecular flexibility index (Phi) is 5.12. The van der Waals surface area contributed by atoms with Gasteiger partial charge in [-0.2, -0.15) is 0 Å². The van der Waals surface area contributed by atoms with Gasteiger partial charge in [-0.05, 0) is 45.2 Å². The van der Waals surface area contributed by atoms with Gasteiger partial charge in [0, 0.05) is 12.7 Å². The third-order valence-electron chi connectivity index (χ3n) is 3.96. The Labute approximate surface area is 125 Å². The summed E-state index contributed by atoms with van der Waals surface area (Å²) in [6.07, 6.45) is 3.81.